The highest BCUT2D eigenvalue weighted by Crippen LogP contribution is 2.34. The smallest absolute Gasteiger partial charge is 0.0139 e. The third-order valence-electron chi connectivity index (χ3n) is 5.61. The molecule has 1 saturated heterocycles. The topological polar surface area (TPSA) is 32.5 Å². The van der Waals surface area contributed by atoms with Crippen molar-refractivity contribution in [1.82, 2.24) is 9.80 Å². The van der Waals surface area contributed by atoms with Gasteiger partial charge in [-0.25, -0.2) is 0 Å². The summed E-state index contributed by atoms with van der Waals surface area (Å²) in [5, 5.41) is 0. The first-order valence-electron chi connectivity index (χ1n) is 8.83. The van der Waals surface area contributed by atoms with E-state index in [1.807, 2.05) is 0 Å². The second-order valence-corrected chi connectivity index (χ2v) is 7.20. The van der Waals surface area contributed by atoms with Crippen molar-refractivity contribution < 1.29 is 0 Å². The predicted molar refractivity (Wildman–Crippen MR) is 86.9 cm³/mol. The first-order chi connectivity index (χ1) is 9.65. The van der Waals surface area contributed by atoms with E-state index >= 15 is 0 Å². The molecule has 1 aliphatic heterocycles. The van der Waals surface area contributed by atoms with E-state index in [0.29, 0.717) is 6.04 Å². The van der Waals surface area contributed by atoms with Crippen molar-refractivity contribution in [2.24, 2.45) is 17.6 Å². The Morgan fingerprint density at radius 2 is 1.80 bits per heavy atom. The fourth-order valence-electron chi connectivity index (χ4n) is 4.27. The average molecular weight is 281 g/mol. The molecule has 2 N–H and O–H groups in total. The molecule has 0 aromatic rings. The van der Waals surface area contributed by atoms with Gasteiger partial charge in [-0.15, -0.1) is 0 Å². The molecule has 0 radical (unpaired) electrons. The zero-order valence-corrected chi connectivity index (χ0v) is 13.9. The molecule has 0 spiro atoms. The van der Waals surface area contributed by atoms with Gasteiger partial charge < -0.3 is 5.73 Å². The summed E-state index contributed by atoms with van der Waals surface area (Å²) in [4.78, 5) is 5.37. The monoisotopic (exact) mass is 281 g/mol. The van der Waals surface area contributed by atoms with E-state index in [9.17, 15) is 0 Å². The Morgan fingerprint density at radius 1 is 1.10 bits per heavy atom. The van der Waals surface area contributed by atoms with Gasteiger partial charge in [0, 0.05) is 38.3 Å². The van der Waals surface area contributed by atoms with Crippen LogP contribution in [-0.4, -0.2) is 54.6 Å². The van der Waals surface area contributed by atoms with Crippen LogP contribution in [0.3, 0.4) is 0 Å². The summed E-state index contributed by atoms with van der Waals surface area (Å²) >= 11 is 0. The van der Waals surface area contributed by atoms with Crippen LogP contribution in [0.5, 0.6) is 0 Å². The number of nitrogens with zero attached hydrogens (tertiary/aromatic N) is 2. The lowest BCUT2D eigenvalue weighted by atomic mass is 9.75. The molecule has 3 nitrogen and oxygen atoms in total. The molecule has 1 heterocycles. The summed E-state index contributed by atoms with van der Waals surface area (Å²) in [7, 11) is 0. The van der Waals surface area contributed by atoms with Gasteiger partial charge in [-0.2, -0.15) is 0 Å². The lowest BCUT2D eigenvalue weighted by Gasteiger charge is -2.46. The first-order valence-corrected chi connectivity index (χ1v) is 8.83. The molecule has 2 aliphatic rings. The second-order valence-electron chi connectivity index (χ2n) is 7.20. The van der Waals surface area contributed by atoms with Gasteiger partial charge in [0.05, 0.1) is 0 Å². The second kappa shape index (κ2) is 7.77. The van der Waals surface area contributed by atoms with Crippen LogP contribution in [0.1, 0.15) is 52.9 Å². The normalized spacial score (nSPS) is 33.8. The van der Waals surface area contributed by atoms with Crippen LogP contribution >= 0.6 is 0 Å². The highest BCUT2D eigenvalue weighted by atomic mass is 15.3. The maximum absolute atomic E-state index is 6.06. The van der Waals surface area contributed by atoms with Crippen molar-refractivity contribution >= 4 is 0 Å². The summed E-state index contributed by atoms with van der Waals surface area (Å²) in [5.41, 5.74) is 6.06. The van der Waals surface area contributed by atoms with Gasteiger partial charge in [-0.3, -0.25) is 9.80 Å². The van der Waals surface area contributed by atoms with Crippen LogP contribution in [0.2, 0.25) is 0 Å². The quantitative estimate of drug-likeness (QED) is 0.840. The van der Waals surface area contributed by atoms with Crippen LogP contribution in [-0.2, 0) is 0 Å². The molecule has 3 heteroatoms. The third kappa shape index (κ3) is 3.96. The van der Waals surface area contributed by atoms with Gasteiger partial charge in [0.1, 0.15) is 0 Å². The first kappa shape index (κ1) is 16.3. The highest BCUT2D eigenvalue weighted by molar-refractivity contribution is 4.89. The van der Waals surface area contributed by atoms with Crippen molar-refractivity contribution in [2.45, 2.75) is 65.0 Å². The lowest BCUT2D eigenvalue weighted by molar-refractivity contribution is 0.0273. The molecule has 1 aliphatic carbocycles. The summed E-state index contributed by atoms with van der Waals surface area (Å²) < 4.78 is 0. The molecule has 0 amide bonds. The SMILES string of the molecule is CCCC1CCC(CN)C(N2CCN(C(C)C)CC2)C1. The number of hydrogen-bond donors (Lipinski definition) is 1. The fraction of sp³-hybridized carbons (Fsp3) is 1.00. The van der Waals surface area contributed by atoms with Crippen LogP contribution in [0.15, 0.2) is 0 Å². The van der Waals surface area contributed by atoms with Crippen molar-refractivity contribution in [3.8, 4) is 0 Å². The minimum Gasteiger partial charge on any atom is -0.330 e. The van der Waals surface area contributed by atoms with E-state index in [4.69, 9.17) is 5.73 Å². The summed E-state index contributed by atoms with van der Waals surface area (Å²) in [6, 6.07) is 1.46. The maximum Gasteiger partial charge on any atom is 0.0139 e. The van der Waals surface area contributed by atoms with E-state index in [2.05, 4.69) is 30.6 Å². The van der Waals surface area contributed by atoms with Crippen LogP contribution in [0.4, 0.5) is 0 Å². The molecule has 3 unspecified atom stereocenters. The van der Waals surface area contributed by atoms with E-state index in [0.717, 1.165) is 24.4 Å². The largest absolute Gasteiger partial charge is 0.330 e. The number of piperazine rings is 1. The van der Waals surface area contributed by atoms with Crippen LogP contribution < -0.4 is 5.73 Å². The molecular formula is C17H35N3. The number of nitrogens with two attached hydrogens (primary N) is 1. The molecule has 0 aromatic heterocycles. The van der Waals surface area contributed by atoms with E-state index in [1.54, 1.807) is 0 Å². The van der Waals surface area contributed by atoms with E-state index < -0.39 is 0 Å². The lowest BCUT2D eigenvalue weighted by Crippen LogP contribution is -2.55. The Hall–Kier alpha value is -0.120. The Kier molecular flexibility index (Phi) is 6.31. The van der Waals surface area contributed by atoms with Gasteiger partial charge in [-0.05, 0) is 45.1 Å². The van der Waals surface area contributed by atoms with Crippen LogP contribution in [0.25, 0.3) is 0 Å². The Labute approximate surface area is 125 Å². The van der Waals surface area contributed by atoms with E-state index in [1.165, 1.54) is 58.3 Å². The number of hydrogen-bond acceptors (Lipinski definition) is 3. The van der Waals surface area contributed by atoms with Crippen molar-refractivity contribution in [2.75, 3.05) is 32.7 Å². The Morgan fingerprint density at radius 3 is 2.35 bits per heavy atom. The Bertz CT molecular complexity index is 271. The van der Waals surface area contributed by atoms with Crippen molar-refractivity contribution in [1.29, 1.82) is 0 Å². The standard InChI is InChI=1S/C17H35N3/c1-4-5-15-6-7-16(13-18)17(12-15)20-10-8-19(9-11-20)14(2)3/h14-17H,4-13,18H2,1-3H3. The average Bonchev–Trinajstić information content (AvgIpc) is 2.47. The summed E-state index contributed by atoms with van der Waals surface area (Å²) in [6.45, 7) is 12.8. The molecule has 0 bridgehead atoms. The fourth-order valence-corrected chi connectivity index (χ4v) is 4.27. The minimum absolute atomic E-state index is 0.696. The minimum atomic E-state index is 0.696. The van der Waals surface area contributed by atoms with Gasteiger partial charge >= 0.3 is 0 Å². The highest BCUT2D eigenvalue weighted by Gasteiger charge is 2.34. The number of rotatable bonds is 5. The van der Waals surface area contributed by atoms with Crippen molar-refractivity contribution in [3.05, 3.63) is 0 Å². The molecule has 2 fully saturated rings. The zero-order chi connectivity index (χ0) is 14.5. The summed E-state index contributed by atoms with van der Waals surface area (Å²) in [5.74, 6) is 1.70. The molecule has 3 atom stereocenters. The molecule has 20 heavy (non-hydrogen) atoms. The van der Waals surface area contributed by atoms with Gasteiger partial charge in [0.2, 0.25) is 0 Å². The zero-order valence-electron chi connectivity index (χ0n) is 13.9. The third-order valence-corrected chi connectivity index (χ3v) is 5.61. The van der Waals surface area contributed by atoms with E-state index in [-0.39, 0.29) is 0 Å². The van der Waals surface area contributed by atoms with Gasteiger partial charge in [0.15, 0.2) is 0 Å². The molecule has 2 rings (SSSR count). The summed E-state index contributed by atoms with van der Waals surface area (Å²) in [6.07, 6.45) is 6.93. The molecule has 118 valence electrons. The molecule has 0 aromatic carbocycles. The Balaban J connectivity index is 1.91. The van der Waals surface area contributed by atoms with Crippen molar-refractivity contribution in [3.63, 3.8) is 0 Å². The van der Waals surface area contributed by atoms with Gasteiger partial charge in [-0.1, -0.05) is 26.2 Å². The maximum atomic E-state index is 6.06. The molecule has 1 saturated carbocycles. The predicted octanol–water partition coefficient (Wildman–Crippen LogP) is 2.56. The van der Waals surface area contributed by atoms with Gasteiger partial charge in [0.25, 0.3) is 0 Å². The van der Waals surface area contributed by atoms with Crippen LogP contribution in [0, 0.1) is 11.8 Å². The molecular weight excluding hydrogens is 246 g/mol.